The van der Waals surface area contributed by atoms with Crippen molar-refractivity contribution >= 4 is 29.1 Å². The smallest absolute Gasteiger partial charge is 0.220 e. The monoisotopic (exact) mass is 325 g/mol. The first-order valence-corrected chi connectivity index (χ1v) is 8.58. The molecular weight excluding hydrogens is 305 g/mol. The van der Waals surface area contributed by atoms with Crippen LogP contribution in [0.4, 0.5) is 0 Å². The van der Waals surface area contributed by atoms with Gasteiger partial charge in [-0.3, -0.25) is 4.79 Å². The number of halogens is 2. The Hall–Kier alpha value is -0.730. The highest BCUT2D eigenvalue weighted by Gasteiger charge is 2.39. The van der Waals surface area contributed by atoms with Gasteiger partial charge >= 0.3 is 0 Å². The molecule has 2 fully saturated rings. The molecule has 0 heterocycles. The Morgan fingerprint density at radius 2 is 2.10 bits per heavy atom. The summed E-state index contributed by atoms with van der Waals surface area (Å²) in [7, 11) is 0. The number of rotatable bonds is 5. The molecule has 1 aromatic carbocycles. The van der Waals surface area contributed by atoms with E-state index in [-0.39, 0.29) is 5.91 Å². The number of fused-ring (bicyclic) bond motifs is 2. The van der Waals surface area contributed by atoms with Crippen molar-refractivity contribution in [1.29, 1.82) is 0 Å². The lowest BCUT2D eigenvalue weighted by Crippen LogP contribution is -2.29. The molecule has 1 amide bonds. The third kappa shape index (κ3) is 3.73. The van der Waals surface area contributed by atoms with Crippen molar-refractivity contribution in [2.45, 2.75) is 38.5 Å². The molecule has 3 rings (SSSR count). The lowest BCUT2D eigenvalue weighted by molar-refractivity contribution is -0.122. The van der Waals surface area contributed by atoms with Gasteiger partial charge in [0.05, 0.1) is 0 Å². The van der Waals surface area contributed by atoms with Crippen LogP contribution in [0.1, 0.15) is 37.7 Å². The van der Waals surface area contributed by atoms with Gasteiger partial charge < -0.3 is 5.32 Å². The average Bonchev–Trinajstić information content (AvgIpc) is 3.03. The number of nitrogens with one attached hydrogen (secondary N) is 1. The minimum Gasteiger partial charge on any atom is -0.356 e. The fourth-order valence-electron chi connectivity index (χ4n) is 4.00. The van der Waals surface area contributed by atoms with Gasteiger partial charge in [0.25, 0.3) is 0 Å². The quantitative estimate of drug-likeness (QED) is 0.849. The number of benzene rings is 1. The summed E-state index contributed by atoms with van der Waals surface area (Å²) in [6.07, 6.45) is 6.80. The van der Waals surface area contributed by atoms with Gasteiger partial charge in [0.15, 0.2) is 0 Å². The molecule has 0 saturated heterocycles. The normalized spacial score (nSPS) is 27.0. The summed E-state index contributed by atoms with van der Waals surface area (Å²) in [5, 5.41) is 4.34. The van der Waals surface area contributed by atoms with Gasteiger partial charge in [-0.1, -0.05) is 35.7 Å². The SMILES string of the molecule is O=C(C[C@@H]1C[C@H]2CC[C@H]1C2)NCCc1ccc(Cl)cc1Cl. The van der Waals surface area contributed by atoms with Crippen molar-refractivity contribution in [3.63, 3.8) is 0 Å². The molecule has 114 valence electrons. The summed E-state index contributed by atoms with van der Waals surface area (Å²) in [4.78, 5) is 12.0. The van der Waals surface area contributed by atoms with Crippen LogP contribution >= 0.6 is 23.2 Å². The van der Waals surface area contributed by atoms with Crippen LogP contribution < -0.4 is 5.32 Å². The maximum atomic E-state index is 12.0. The minimum atomic E-state index is 0.192. The predicted molar refractivity (Wildman–Crippen MR) is 86.7 cm³/mol. The van der Waals surface area contributed by atoms with Crippen molar-refractivity contribution < 1.29 is 4.79 Å². The van der Waals surface area contributed by atoms with Gasteiger partial charge in [-0.05, 0) is 61.1 Å². The Morgan fingerprint density at radius 3 is 2.76 bits per heavy atom. The maximum absolute atomic E-state index is 12.0. The van der Waals surface area contributed by atoms with Crippen LogP contribution in [0, 0.1) is 17.8 Å². The second kappa shape index (κ2) is 6.58. The van der Waals surface area contributed by atoms with Gasteiger partial charge in [0.1, 0.15) is 0 Å². The summed E-state index contributed by atoms with van der Waals surface area (Å²) in [5.74, 6) is 2.53. The Labute approximate surface area is 136 Å². The largest absolute Gasteiger partial charge is 0.356 e. The Morgan fingerprint density at radius 1 is 1.24 bits per heavy atom. The van der Waals surface area contributed by atoms with Crippen molar-refractivity contribution in [3.8, 4) is 0 Å². The fourth-order valence-corrected chi connectivity index (χ4v) is 4.50. The van der Waals surface area contributed by atoms with E-state index < -0.39 is 0 Å². The number of amides is 1. The molecule has 0 unspecified atom stereocenters. The fraction of sp³-hybridized carbons (Fsp3) is 0.588. The van der Waals surface area contributed by atoms with E-state index in [1.54, 1.807) is 6.07 Å². The molecule has 0 aliphatic heterocycles. The van der Waals surface area contributed by atoms with Gasteiger partial charge in [-0.25, -0.2) is 0 Å². The Bertz CT molecular complexity index is 532. The molecule has 2 saturated carbocycles. The van der Waals surface area contributed by atoms with Crippen LogP contribution in [0.25, 0.3) is 0 Å². The van der Waals surface area contributed by atoms with E-state index in [2.05, 4.69) is 5.32 Å². The van der Waals surface area contributed by atoms with E-state index in [0.717, 1.165) is 23.8 Å². The van der Waals surface area contributed by atoms with Gasteiger partial charge in [-0.15, -0.1) is 0 Å². The molecule has 4 heteroatoms. The van der Waals surface area contributed by atoms with E-state index in [1.807, 2.05) is 12.1 Å². The molecule has 1 N–H and O–H groups in total. The molecular formula is C17H21Cl2NO. The number of hydrogen-bond acceptors (Lipinski definition) is 1. The van der Waals surface area contributed by atoms with Gasteiger partial charge in [0, 0.05) is 23.0 Å². The molecule has 0 spiro atoms. The van der Waals surface area contributed by atoms with Crippen LogP contribution in [0.3, 0.4) is 0 Å². The second-order valence-corrected chi connectivity index (χ2v) is 7.32. The van der Waals surface area contributed by atoms with Crippen LogP contribution in [0.5, 0.6) is 0 Å². The second-order valence-electron chi connectivity index (χ2n) is 6.47. The number of carbonyl (C=O) groups is 1. The maximum Gasteiger partial charge on any atom is 0.220 e. The summed E-state index contributed by atoms with van der Waals surface area (Å²) in [6.45, 7) is 0.640. The molecule has 0 aromatic heterocycles. The summed E-state index contributed by atoms with van der Waals surface area (Å²) >= 11 is 12.0. The van der Waals surface area contributed by atoms with Crippen molar-refractivity contribution in [1.82, 2.24) is 5.32 Å². The minimum absolute atomic E-state index is 0.192. The number of carbonyl (C=O) groups excluding carboxylic acids is 1. The van der Waals surface area contributed by atoms with Gasteiger partial charge in [0.2, 0.25) is 5.91 Å². The Kier molecular flexibility index (Phi) is 4.75. The first kappa shape index (κ1) is 15.2. The third-order valence-corrected chi connectivity index (χ3v) is 5.65. The van der Waals surface area contributed by atoms with Crippen LogP contribution in [-0.4, -0.2) is 12.5 Å². The molecule has 3 atom stereocenters. The molecule has 2 aliphatic carbocycles. The van der Waals surface area contributed by atoms with Crippen molar-refractivity contribution in [2.24, 2.45) is 17.8 Å². The lowest BCUT2D eigenvalue weighted by atomic mass is 9.86. The van der Waals surface area contributed by atoms with E-state index in [0.29, 0.717) is 28.9 Å². The predicted octanol–water partition coefficient (Wildman–Crippen LogP) is 4.48. The first-order chi connectivity index (χ1) is 10.1. The lowest BCUT2D eigenvalue weighted by Gasteiger charge is -2.20. The molecule has 21 heavy (non-hydrogen) atoms. The number of hydrogen-bond donors (Lipinski definition) is 1. The zero-order chi connectivity index (χ0) is 14.8. The highest BCUT2D eigenvalue weighted by molar-refractivity contribution is 6.35. The summed E-state index contributed by atoms with van der Waals surface area (Å²) in [6, 6.07) is 5.50. The average molecular weight is 326 g/mol. The van der Waals surface area contributed by atoms with Crippen molar-refractivity contribution in [2.75, 3.05) is 6.54 Å². The van der Waals surface area contributed by atoms with Gasteiger partial charge in [-0.2, -0.15) is 0 Å². The highest BCUT2D eigenvalue weighted by Crippen LogP contribution is 2.49. The van der Waals surface area contributed by atoms with E-state index in [9.17, 15) is 4.79 Å². The topological polar surface area (TPSA) is 29.1 Å². The van der Waals surface area contributed by atoms with Crippen LogP contribution in [0.2, 0.25) is 10.0 Å². The molecule has 2 aliphatic rings. The van der Waals surface area contributed by atoms with E-state index in [4.69, 9.17) is 23.2 Å². The molecule has 0 radical (unpaired) electrons. The van der Waals surface area contributed by atoms with Crippen molar-refractivity contribution in [3.05, 3.63) is 33.8 Å². The van der Waals surface area contributed by atoms with Crippen LogP contribution in [0.15, 0.2) is 18.2 Å². The third-order valence-electron chi connectivity index (χ3n) is 5.06. The summed E-state index contributed by atoms with van der Waals surface area (Å²) < 4.78 is 0. The highest BCUT2D eigenvalue weighted by atomic mass is 35.5. The molecule has 2 nitrogen and oxygen atoms in total. The molecule has 2 bridgehead atoms. The first-order valence-electron chi connectivity index (χ1n) is 7.82. The molecule has 1 aromatic rings. The summed E-state index contributed by atoms with van der Waals surface area (Å²) in [5.41, 5.74) is 1.03. The van der Waals surface area contributed by atoms with E-state index >= 15 is 0 Å². The zero-order valence-electron chi connectivity index (χ0n) is 12.1. The van der Waals surface area contributed by atoms with Crippen LogP contribution in [-0.2, 0) is 11.2 Å². The van der Waals surface area contributed by atoms with E-state index in [1.165, 1.54) is 25.7 Å². The zero-order valence-corrected chi connectivity index (χ0v) is 13.6. The standard InChI is InChI=1S/C17H21Cl2NO/c18-15-4-3-12(16(19)10-15)5-6-20-17(21)9-14-8-11-1-2-13(14)7-11/h3-4,10-11,13-14H,1-2,5-9H2,(H,20,21)/t11-,13-,14-/m0/s1. The Balaban J connectivity index is 1.42.